The number of hydrogen-bond acceptors (Lipinski definition) is 3. The van der Waals surface area contributed by atoms with Gasteiger partial charge in [-0.15, -0.1) is 0 Å². The molecule has 0 spiro atoms. The first kappa shape index (κ1) is 16.6. The van der Waals surface area contributed by atoms with Crippen LogP contribution in [0.15, 0.2) is 22.7 Å². The standard InChI is InChI=1S/C14H21BrFNO2/c1-3-17-14(6-7-19-9-8-18-2)12-10-11(15)4-5-13(12)16/h4-5,10,14,17H,3,6-9H2,1-2H3. The van der Waals surface area contributed by atoms with Crippen LogP contribution in [0.5, 0.6) is 0 Å². The molecule has 0 saturated carbocycles. The Morgan fingerprint density at radius 3 is 2.79 bits per heavy atom. The average Bonchev–Trinajstić information content (AvgIpc) is 2.40. The molecule has 19 heavy (non-hydrogen) atoms. The minimum absolute atomic E-state index is 0.0370. The van der Waals surface area contributed by atoms with Gasteiger partial charge in [0.2, 0.25) is 0 Å². The van der Waals surface area contributed by atoms with E-state index < -0.39 is 0 Å². The van der Waals surface area contributed by atoms with Crippen LogP contribution in [0.4, 0.5) is 4.39 Å². The molecule has 0 heterocycles. The van der Waals surface area contributed by atoms with Crippen LogP contribution in [0.25, 0.3) is 0 Å². The average molecular weight is 334 g/mol. The molecule has 0 aliphatic rings. The molecule has 0 amide bonds. The highest BCUT2D eigenvalue weighted by molar-refractivity contribution is 9.10. The molecule has 1 atom stereocenters. The van der Waals surface area contributed by atoms with Crippen LogP contribution in [0.1, 0.15) is 24.9 Å². The normalized spacial score (nSPS) is 12.6. The summed E-state index contributed by atoms with van der Waals surface area (Å²) in [5.74, 6) is -0.189. The molecule has 108 valence electrons. The Bertz CT molecular complexity index is 376. The Hall–Kier alpha value is -0.490. The van der Waals surface area contributed by atoms with Crippen LogP contribution in [-0.2, 0) is 9.47 Å². The topological polar surface area (TPSA) is 30.5 Å². The summed E-state index contributed by atoms with van der Waals surface area (Å²) < 4.78 is 25.1. The third-order valence-electron chi connectivity index (χ3n) is 2.77. The van der Waals surface area contributed by atoms with Crippen molar-refractivity contribution in [1.29, 1.82) is 0 Å². The Balaban J connectivity index is 2.58. The number of nitrogens with one attached hydrogen (secondary N) is 1. The number of benzene rings is 1. The van der Waals surface area contributed by atoms with Gasteiger partial charge >= 0.3 is 0 Å². The lowest BCUT2D eigenvalue weighted by Gasteiger charge is -2.19. The van der Waals surface area contributed by atoms with Gasteiger partial charge in [-0.2, -0.15) is 0 Å². The van der Waals surface area contributed by atoms with E-state index in [0.29, 0.717) is 25.4 Å². The van der Waals surface area contributed by atoms with Gasteiger partial charge in [-0.05, 0) is 31.2 Å². The lowest BCUT2D eigenvalue weighted by molar-refractivity contribution is 0.0657. The van der Waals surface area contributed by atoms with Crippen LogP contribution in [0.2, 0.25) is 0 Å². The van der Waals surface area contributed by atoms with Crippen molar-refractivity contribution in [3.05, 3.63) is 34.1 Å². The van der Waals surface area contributed by atoms with E-state index >= 15 is 0 Å². The van der Waals surface area contributed by atoms with Gasteiger partial charge < -0.3 is 14.8 Å². The molecule has 1 N–H and O–H groups in total. The van der Waals surface area contributed by atoms with E-state index in [2.05, 4.69) is 21.2 Å². The molecule has 0 fully saturated rings. The lowest BCUT2D eigenvalue weighted by atomic mass is 10.0. The molecule has 1 aromatic rings. The second kappa shape index (κ2) is 9.42. The van der Waals surface area contributed by atoms with Crippen LogP contribution in [0.3, 0.4) is 0 Å². The van der Waals surface area contributed by atoms with Crippen LogP contribution in [-0.4, -0.2) is 33.5 Å². The SMILES string of the molecule is CCNC(CCOCCOC)c1cc(Br)ccc1F. The molecule has 0 bridgehead atoms. The summed E-state index contributed by atoms with van der Waals surface area (Å²) in [4.78, 5) is 0. The van der Waals surface area contributed by atoms with Gasteiger partial charge in [0.25, 0.3) is 0 Å². The summed E-state index contributed by atoms with van der Waals surface area (Å²) in [7, 11) is 1.64. The monoisotopic (exact) mass is 333 g/mol. The molecule has 1 rings (SSSR count). The van der Waals surface area contributed by atoms with E-state index in [-0.39, 0.29) is 11.9 Å². The zero-order chi connectivity index (χ0) is 14.1. The molecule has 0 aliphatic carbocycles. The van der Waals surface area contributed by atoms with Gasteiger partial charge in [-0.25, -0.2) is 4.39 Å². The fourth-order valence-corrected chi connectivity index (χ4v) is 2.22. The summed E-state index contributed by atoms with van der Waals surface area (Å²) in [6.45, 7) is 4.52. The van der Waals surface area contributed by atoms with Gasteiger partial charge in [-0.1, -0.05) is 22.9 Å². The van der Waals surface area contributed by atoms with E-state index in [1.54, 1.807) is 13.2 Å². The molecule has 0 aliphatic heterocycles. The number of rotatable bonds is 9. The molecule has 3 nitrogen and oxygen atoms in total. The quantitative estimate of drug-likeness (QED) is 0.703. The fraction of sp³-hybridized carbons (Fsp3) is 0.571. The van der Waals surface area contributed by atoms with E-state index in [0.717, 1.165) is 17.4 Å². The third kappa shape index (κ3) is 5.99. The predicted octanol–water partition coefficient (Wildman–Crippen LogP) is 3.29. The first-order valence-corrected chi connectivity index (χ1v) is 7.23. The van der Waals surface area contributed by atoms with Gasteiger partial charge in [0, 0.05) is 29.8 Å². The Morgan fingerprint density at radius 1 is 1.32 bits per heavy atom. The Labute approximate surface area is 122 Å². The van der Waals surface area contributed by atoms with Gasteiger partial charge in [-0.3, -0.25) is 0 Å². The van der Waals surface area contributed by atoms with E-state index in [1.807, 2.05) is 13.0 Å². The minimum atomic E-state index is -0.189. The lowest BCUT2D eigenvalue weighted by Crippen LogP contribution is -2.23. The third-order valence-corrected chi connectivity index (χ3v) is 3.26. The smallest absolute Gasteiger partial charge is 0.128 e. The zero-order valence-electron chi connectivity index (χ0n) is 11.4. The van der Waals surface area contributed by atoms with Crippen LogP contribution in [0, 0.1) is 5.82 Å². The summed E-state index contributed by atoms with van der Waals surface area (Å²) in [6, 6.07) is 4.97. The molecule has 0 radical (unpaired) electrons. The molecule has 1 unspecified atom stereocenters. The van der Waals surface area contributed by atoms with Crippen molar-refractivity contribution in [2.75, 3.05) is 33.5 Å². The molecule has 5 heteroatoms. The maximum atomic E-state index is 13.9. The van der Waals surface area contributed by atoms with Crippen molar-refractivity contribution in [1.82, 2.24) is 5.32 Å². The maximum Gasteiger partial charge on any atom is 0.128 e. The van der Waals surface area contributed by atoms with Crippen LogP contribution >= 0.6 is 15.9 Å². The fourth-order valence-electron chi connectivity index (χ4n) is 1.84. The van der Waals surface area contributed by atoms with Crippen LogP contribution < -0.4 is 5.32 Å². The van der Waals surface area contributed by atoms with E-state index in [4.69, 9.17) is 9.47 Å². The molecule has 0 saturated heterocycles. The summed E-state index contributed by atoms with van der Waals surface area (Å²) in [5, 5.41) is 3.29. The maximum absolute atomic E-state index is 13.9. The Morgan fingerprint density at radius 2 is 2.11 bits per heavy atom. The highest BCUT2D eigenvalue weighted by Gasteiger charge is 2.15. The summed E-state index contributed by atoms with van der Waals surface area (Å²) in [5.41, 5.74) is 0.673. The second-order valence-corrected chi connectivity index (χ2v) is 5.09. The van der Waals surface area contributed by atoms with Gasteiger partial charge in [0.05, 0.1) is 13.2 Å². The van der Waals surface area contributed by atoms with Crippen molar-refractivity contribution in [3.8, 4) is 0 Å². The first-order chi connectivity index (χ1) is 9.19. The predicted molar refractivity (Wildman–Crippen MR) is 77.8 cm³/mol. The number of ether oxygens (including phenoxy) is 2. The molecular formula is C14H21BrFNO2. The second-order valence-electron chi connectivity index (χ2n) is 4.17. The van der Waals surface area contributed by atoms with Gasteiger partial charge in [0.1, 0.15) is 5.82 Å². The highest BCUT2D eigenvalue weighted by Crippen LogP contribution is 2.24. The minimum Gasteiger partial charge on any atom is -0.382 e. The van der Waals surface area contributed by atoms with Crippen molar-refractivity contribution in [3.63, 3.8) is 0 Å². The number of methoxy groups -OCH3 is 1. The Kier molecular flexibility index (Phi) is 8.21. The van der Waals surface area contributed by atoms with Crippen molar-refractivity contribution in [2.45, 2.75) is 19.4 Å². The molecule has 1 aromatic carbocycles. The van der Waals surface area contributed by atoms with Crippen molar-refractivity contribution < 1.29 is 13.9 Å². The number of halogens is 2. The van der Waals surface area contributed by atoms with E-state index in [9.17, 15) is 4.39 Å². The highest BCUT2D eigenvalue weighted by atomic mass is 79.9. The number of hydrogen-bond donors (Lipinski definition) is 1. The van der Waals surface area contributed by atoms with Crippen molar-refractivity contribution >= 4 is 15.9 Å². The molecular weight excluding hydrogens is 313 g/mol. The van der Waals surface area contributed by atoms with Crippen molar-refractivity contribution in [2.24, 2.45) is 0 Å². The zero-order valence-corrected chi connectivity index (χ0v) is 13.0. The van der Waals surface area contributed by atoms with Gasteiger partial charge in [0.15, 0.2) is 0 Å². The molecule has 0 aromatic heterocycles. The summed E-state index contributed by atoms with van der Waals surface area (Å²) in [6.07, 6.45) is 0.727. The largest absolute Gasteiger partial charge is 0.382 e. The first-order valence-electron chi connectivity index (χ1n) is 6.44. The summed E-state index contributed by atoms with van der Waals surface area (Å²) >= 11 is 3.38. The van der Waals surface area contributed by atoms with E-state index in [1.165, 1.54) is 6.07 Å².